The van der Waals surface area contributed by atoms with Gasteiger partial charge in [0, 0.05) is 12.5 Å². The highest BCUT2D eigenvalue weighted by Gasteiger charge is 2.52. The number of allylic oxidation sites excluding steroid dienone is 2. The molecule has 9 nitrogen and oxygen atoms in total. The van der Waals surface area contributed by atoms with Crippen LogP contribution >= 0.6 is 11.6 Å². The van der Waals surface area contributed by atoms with Crippen LogP contribution in [0.4, 0.5) is 0 Å². The molecule has 10 heteroatoms. The Bertz CT molecular complexity index is 900. The summed E-state index contributed by atoms with van der Waals surface area (Å²) in [5.41, 5.74) is -1.39. The van der Waals surface area contributed by atoms with Gasteiger partial charge in [-0.25, -0.2) is 14.4 Å². The second-order valence-corrected chi connectivity index (χ2v) is 8.94. The monoisotopic (exact) mass is 484 g/mol. The maximum atomic E-state index is 12.9. The zero-order valence-electron chi connectivity index (χ0n) is 19.3. The second kappa shape index (κ2) is 10.5. The number of esters is 4. The van der Waals surface area contributed by atoms with Gasteiger partial charge in [-0.3, -0.25) is 4.79 Å². The summed E-state index contributed by atoms with van der Waals surface area (Å²) in [6.45, 7) is 9.28. The Labute approximate surface area is 197 Å². The average Bonchev–Trinajstić information content (AvgIpc) is 2.99. The van der Waals surface area contributed by atoms with Crippen LogP contribution in [0.25, 0.3) is 0 Å². The van der Waals surface area contributed by atoms with Gasteiger partial charge in [0.1, 0.15) is 6.10 Å². The Morgan fingerprint density at radius 2 is 1.97 bits per heavy atom. The van der Waals surface area contributed by atoms with E-state index in [1.165, 1.54) is 13.0 Å². The minimum Gasteiger partial charge on any atom is -0.466 e. The number of alkyl halides is 1. The van der Waals surface area contributed by atoms with Crippen molar-refractivity contribution in [2.75, 3.05) is 7.11 Å². The van der Waals surface area contributed by atoms with Crippen LogP contribution in [-0.2, 0) is 38.1 Å². The molecule has 0 saturated carbocycles. The molecule has 33 heavy (non-hydrogen) atoms. The molecule has 1 fully saturated rings. The van der Waals surface area contributed by atoms with Crippen LogP contribution in [0.5, 0.6) is 0 Å². The molecule has 1 N–H and O–H groups in total. The van der Waals surface area contributed by atoms with Gasteiger partial charge in [0.25, 0.3) is 0 Å². The average molecular weight is 485 g/mol. The van der Waals surface area contributed by atoms with E-state index in [4.69, 9.17) is 30.5 Å². The highest BCUT2D eigenvalue weighted by atomic mass is 35.5. The maximum absolute atomic E-state index is 12.9. The summed E-state index contributed by atoms with van der Waals surface area (Å²) in [6.07, 6.45) is 0.283. The number of methoxy groups -OCH3 is 1. The summed E-state index contributed by atoms with van der Waals surface area (Å²) in [4.78, 5) is 50.0. The summed E-state index contributed by atoms with van der Waals surface area (Å²) in [5.74, 6) is -4.47. The first-order chi connectivity index (χ1) is 15.3. The first-order valence-corrected chi connectivity index (χ1v) is 10.8. The topological polar surface area (TPSA) is 125 Å². The van der Waals surface area contributed by atoms with Crippen molar-refractivity contribution >= 4 is 35.5 Å². The van der Waals surface area contributed by atoms with Crippen LogP contribution < -0.4 is 0 Å². The Balaban J connectivity index is 2.72. The highest BCUT2D eigenvalue weighted by Crippen LogP contribution is 2.38. The van der Waals surface area contributed by atoms with Gasteiger partial charge in [0.05, 0.1) is 24.0 Å². The van der Waals surface area contributed by atoms with Crippen molar-refractivity contribution in [3.63, 3.8) is 0 Å². The minimum atomic E-state index is -2.13. The Kier molecular flexibility index (Phi) is 8.48. The molecule has 182 valence electrons. The first-order valence-electron chi connectivity index (χ1n) is 10.4. The number of carbonyl (C=O) groups is 4. The molecule has 0 bridgehead atoms. The fourth-order valence-electron chi connectivity index (χ4n) is 3.60. The number of fused-ring (bicyclic) bond motifs is 1. The summed E-state index contributed by atoms with van der Waals surface area (Å²) >= 11 is 5.96. The van der Waals surface area contributed by atoms with Crippen molar-refractivity contribution in [2.24, 2.45) is 5.92 Å². The summed E-state index contributed by atoms with van der Waals surface area (Å²) in [7, 11) is 1.16. The van der Waals surface area contributed by atoms with E-state index in [0.29, 0.717) is 12.8 Å². The van der Waals surface area contributed by atoms with Crippen molar-refractivity contribution in [1.29, 1.82) is 0 Å². The van der Waals surface area contributed by atoms with Crippen LogP contribution in [0.3, 0.4) is 0 Å². The molecule has 2 rings (SSSR count). The summed E-state index contributed by atoms with van der Waals surface area (Å²) < 4.78 is 21.4. The van der Waals surface area contributed by atoms with Crippen LogP contribution in [-0.4, -0.2) is 65.4 Å². The quantitative estimate of drug-likeness (QED) is 0.205. The number of halogens is 1. The molecule has 1 aliphatic heterocycles. The van der Waals surface area contributed by atoms with Crippen molar-refractivity contribution in [3.05, 3.63) is 35.5 Å². The van der Waals surface area contributed by atoms with Gasteiger partial charge in [-0.1, -0.05) is 18.2 Å². The van der Waals surface area contributed by atoms with Crippen LogP contribution in [0, 0.1) is 5.92 Å². The number of hydrogen-bond donors (Lipinski definition) is 1. The third kappa shape index (κ3) is 5.83. The molecule has 1 heterocycles. The molecule has 0 aromatic rings. The van der Waals surface area contributed by atoms with E-state index in [2.05, 4.69) is 6.58 Å². The summed E-state index contributed by atoms with van der Waals surface area (Å²) in [6, 6.07) is 0. The SMILES string of the molecule is C=C1C(=O)O[C@@H]2/C=C(/C)CC/C=C(/C(=O)OC)[C@H](OC(C)=O)C(OC(=O)C(C)(O)C(C)Cl)[C@@H]12. The van der Waals surface area contributed by atoms with Gasteiger partial charge in [0.15, 0.2) is 17.8 Å². The number of carbonyl (C=O) groups excluding carboxylic acids is 4. The third-order valence-corrected chi connectivity index (χ3v) is 6.14. The molecule has 0 amide bonds. The lowest BCUT2D eigenvalue weighted by atomic mass is 9.83. The van der Waals surface area contributed by atoms with Crippen LogP contribution in [0.1, 0.15) is 40.5 Å². The van der Waals surface area contributed by atoms with Gasteiger partial charge in [0.2, 0.25) is 0 Å². The van der Waals surface area contributed by atoms with Crippen molar-refractivity contribution in [1.82, 2.24) is 0 Å². The number of ether oxygens (including phenoxy) is 4. The zero-order valence-corrected chi connectivity index (χ0v) is 20.0. The van der Waals surface area contributed by atoms with E-state index in [9.17, 15) is 24.3 Å². The van der Waals surface area contributed by atoms with E-state index in [1.54, 1.807) is 6.08 Å². The molecule has 0 radical (unpaired) electrons. The lowest BCUT2D eigenvalue weighted by Crippen LogP contribution is -2.51. The smallest absolute Gasteiger partial charge is 0.339 e. The molecule has 1 saturated heterocycles. The van der Waals surface area contributed by atoms with Crippen molar-refractivity contribution in [3.8, 4) is 0 Å². The van der Waals surface area contributed by atoms with Crippen molar-refractivity contribution in [2.45, 2.75) is 69.8 Å². The normalized spacial score (nSPS) is 31.4. The molecule has 0 aromatic carbocycles. The van der Waals surface area contributed by atoms with Gasteiger partial charge in [-0.2, -0.15) is 0 Å². The summed E-state index contributed by atoms with van der Waals surface area (Å²) in [5, 5.41) is 9.51. The molecular formula is C23H29ClO9. The van der Waals surface area contributed by atoms with E-state index in [-0.39, 0.29) is 11.1 Å². The van der Waals surface area contributed by atoms with Gasteiger partial charge >= 0.3 is 23.9 Å². The predicted octanol–water partition coefficient (Wildman–Crippen LogP) is 2.15. The highest BCUT2D eigenvalue weighted by molar-refractivity contribution is 6.22. The molecule has 6 atom stereocenters. The maximum Gasteiger partial charge on any atom is 0.339 e. The molecule has 2 aliphatic rings. The molecule has 1 aliphatic carbocycles. The van der Waals surface area contributed by atoms with Gasteiger partial charge < -0.3 is 24.1 Å². The van der Waals surface area contributed by atoms with Gasteiger partial charge in [-0.15, -0.1) is 11.6 Å². The lowest BCUT2D eigenvalue weighted by molar-refractivity contribution is -0.183. The van der Waals surface area contributed by atoms with Crippen LogP contribution in [0.15, 0.2) is 35.5 Å². The Morgan fingerprint density at radius 1 is 1.33 bits per heavy atom. The molecule has 0 spiro atoms. The fraction of sp³-hybridized carbons (Fsp3) is 0.565. The first kappa shape index (κ1) is 26.6. The molecule has 0 aromatic heterocycles. The number of aliphatic hydroxyl groups is 1. The molecular weight excluding hydrogens is 456 g/mol. The third-order valence-electron chi connectivity index (χ3n) is 5.72. The van der Waals surface area contributed by atoms with Crippen molar-refractivity contribution < 1.29 is 43.2 Å². The minimum absolute atomic E-state index is 0.0395. The number of rotatable bonds is 5. The number of hydrogen-bond acceptors (Lipinski definition) is 9. The van der Waals surface area contributed by atoms with Gasteiger partial charge in [-0.05, 0) is 39.7 Å². The predicted molar refractivity (Wildman–Crippen MR) is 117 cm³/mol. The standard InChI is InChI=1S/C23H29ClO9/c1-11-8-7-9-15(21(27)30-6)18(31-14(4)25)19(33-22(28)23(5,29)13(3)24)17-12(2)20(26)32-16(17)10-11/h9-10,13,16-19,29H,2,7-8H2,1,3-6H3/b11-10-,15-9+/t13?,16-,17+,18+,19?,23?/m1/s1. The van der Waals surface area contributed by atoms with E-state index in [1.807, 2.05) is 6.92 Å². The fourth-order valence-corrected chi connectivity index (χ4v) is 3.69. The molecule has 3 unspecified atom stereocenters. The Hall–Kier alpha value is -2.65. The zero-order chi connectivity index (χ0) is 25.1. The van der Waals surface area contributed by atoms with E-state index >= 15 is 0 Å². The van der Waals surface area contributed by atoms with Crippen LogP contribution in [0.2, 0.25) is 0 Å². The largest absolute Gasteiger partial charge is 0.466 e. The second-order valence-electron chi connectivity index (χ2n) is 8.29. The Morgan fingerprint density at radius 3 is 2.52 bits per heavy atom. The lowest BCUT2D eigenvalue weighted by Gasteiger charge is -2.35. The van der Waals surface area contributed by atoms with E-state index < -0.39 is 59.1 Å². The van der Waals surface area contributed by atoms with E-state index in [0.717, 1.165) is 26.5 Å².